The highest BCUT2D eigenvalue weighted by Gasteiger charge is 2.29. The molecule has 0 fully saturated rings. The van der Waals surface area contributed by atoms with Gasteiger partial charge in [0.1, 0.15) is 22.9 Å². The van der Waals surface area contributed by atoms with Crippen LogP contribution in [0.2, 0.25) is 0 Å². The van der Waals surface area contributed by atoms with Gasteiger partial charge in [-0.15, -0.1) is 11.3 Å². The summed E-state index contributed by atoms with van der Waals surface area (Å²) in [5, 5.41) is 22.7. The Balaban J connectivity index is 1.34. The van der Waals surface area contributed by atoms with Crippen LogP contribution in [0.25, 0.3) is 0 Å². The van der Waals surface area contributed by atoms with Crippen LogP contribution in [-0.4, -0.2) is 34.9 Å². The fourth-order valence-electron chi connectivity index (χ4n) is 4.25. The quantitative estimate of drug-likeness (QED) is 0.386. The molecule has 188 valence electrons. The number of thiophene rings is 1. The number of H-pyrrole nitrogens is 1. The molecule has 3 N–H and O–H groups in total. The molecule has 0 radical (unpaired) electrons. The number of nitrogens with one attached hydrogen (secondary N) is 3. The van der Waals surface area contributed by atoms with Crippen molar-refractivity contribution in [3.8, 4) is 11.8 Å². The lowest BCUT2D eigenvalue weighted by molar-refractivity contribution is -0.116. The number of carbonyl (C=O) groups is 2. The number of alkyl carbamates (subject to hydrolysis) is 1. The largest absolute Gasteiger partial charge is 0.494 e. The van der Waals surface area contributed by atoms with Crippen LogP contribution in [0.5, 0.6) is 5.75 Å². The summed E-state index contributed by atoms with van der Waals surface area (Å²) < 4.78 is 11.3. The van der Waals surface area contributed by atoms with Crippen LogP contribution in [0.1, 0.15) is 59.9 Å². The van der Waals surface area contributed by atoms with Crippen molar-refractivity contribution in [1.29, 1.82) is 5.26 Å². The van der Waals surface area contributed by atoms with E-state index in [1.165, 1.54) is 11.3 Å². The number of amides is 2. The number of para-hydroxylation sites is 1. The van der Waals surface area contributed by atoms with E-state index in [1.807, 2.05) is 38.1 Å². The van der Waals surface area contributed by atoms with Crippen LogP contribution < -0.4 is 15.4 Å². The number of ether oxygens (including phenoxy) is 2. The average Bonchev–Trinajstić information content (AvgIpc) is 3.51. The number of aromatic amines is 1. The van der Waals surface area contributed by atoms with Gasteiger partial charge in [0.25, 0.3) is 0 Å². The fourth-order valence-corrected chi connectivity index (χ4v) is 5.53. The van der Waals surface area contributed by atoms with Gasteiger partial charge in [0.05, 0.1) is 24.4 Å². The third kappa shape index (κ3) is 6.04. The molecule has 0 saturated heterocycles. The molecule has 0 aliphatic heterocycles. The predicted molar refractivity (Wildman–Crippen MR) is 136 cm³/mol. The Morgan fingerprint density at radius 1 is 1.36 bits per heavy atom. The van der Waals surface area contributed by atoms with Crippen LogP contribution in [0.15, 0.2) is 36.7 Å². The highest BCUT2D eigenvalue weighted by molar-refractivity contribution is 7.16. The van der Waals surface area contributed by atoms with Crippen molar-refractivity contribution in [3.05, 3.63) is 63.8 Å². The summed E-state index contributed by atoms with van der Waals surface area (Å²) in [5.41, 5.74) is 3.28. The molecular formula is C26H29N5O4S. The molecule has 4 rings (SSSR count). The molecule has 10 heteroatoms. The molecule has 2 atom stereocenters. The summed E-state index contributed by atoms with van der Waals surface area (Å²) in [6.07, 6.45) is 5.15. The first-order valence-electron chi connectivity index (χ1n) is 12.0. The third-order valence-corrected chi connectivity index (χ3v) is 7.28. The number of fused-ring (bicyclic) bond motifs is 1. The number of aromatic nitrogens is 2. The van der Waals surface area contributed by atoms with E-state index in [-0.39, 0.29) is 24.5 Å². The van der Waals surface area contributed by atoms with E-state index in [0.717, 1.165) is 27.3 Å². The molecule has 9 nitrogen and oxygen atoms in total. The molecule has 36 heavy (non-hydrogen) atoms. The monoisotopic (exact) mass is 507 g/mol. The van der Waals surface area contributed by atoms with Gasteiger partial charge in [-0.3, -0.25) is 9.89 Å². The summed E-state index contributed by atoms with van der Waals surface area (Å²) in [6, 6.07) is 9.70. The standard InChI is InChI=1S/C26H29N5O4S/c1-3-34-22-7-5-4-6-17(22)8-11-24(32)31-25-21(13-27)20-10-9-19(12-23(20)36-25)35-26(33)30-16(2)18-14-28-29-15-18/h4-7,14-16,19H,3,8-12H2,1-2H3,(H,28,29)(H,30,33)(H,31,32). The Morgan fingerprint density at radius 3 is 2.94 bits per heavy atom. The fraction of sp³-hybridized carbons (Fsp3) is 0.385. The third-order valence-electron chi connectivity index (χ3n) is 6.11. The molecule has 2 amide bonds. The zero-order valence-corrected chi connectivity index (χ0v) is 21.1. The van der Waals surface area contributed by atoms with Crippen LogP contribution in [0.3, 0.4) is 0 Å². The van der Waals surface area contributed by atoms with Crippen LogP contribution in [0.4, 0.5) is 9.80 Å². The molecular weight excluding hydrogens is 478 g/mol. The van der Waals surface area contributed by atoms with Gasteiger partial charge < -0.3 is 20.1 Å². The van der Waals surface area contributed by atoms with Gasteiger partial charge in [-0.25, -0.2) is 4.79 Å². The lowest BCUT2D eigenvalue weighted by atomic mass is 9.94. The Kier molecular flexibility index (Phi) is 8.23. The van der Waals surface area contributed by atoms with Gasteiger partial charge in [0, 0.05) is 29.5 Å². The Labute approximate surface area is 213 Å². The van der Waals surface area contributed by atoms with Crippen LogP contribution in [-0.2, 0) is 28.8 Å². The van der Waals surface area contributed by atoms with E-state index in [2.05, 4.69) is 26.9 Å². The highest BCUT2D eigenvalue weighted by atomic mass is 32.1. The maximum atomic E-state index is 12.7. The van der Waals surface area contributed by atoms with E-state index >= 15 is 0 Å². The number of nitriles is 1. The normalized spacial score (nSPS) is 15.3. The average molecular weight is 508 g/mol. The van der Waals surface area contributed by atoms with Gasteiger partial charge in [-0.1, -0.05) is 18.2 Å². The number of aryl methyl sites for hydroxylation is 1. The number of benzene rings is 1. The number of hydrogen-bond acceptors (Lipinski definition) is 7. The minimum absolute atomic E-state index is 0.156. The molecule has 1 aromatic carbocycles. The van der Waals surface area contributed by atoms with Crippen LogP contribution in [0, 0.1) is 11.3 Å². The zero-order valence-electron chi connectivity index (χ0n) is 20.3. The van der Waals surface area contributed by atoms with Crippen molar-refractivity contribution in [2.75, 3.05) is 11.9 Å². The van der Waals surface area contributed by atoms with E-state index in [0.29, 0.717) is 42.9 Å². The van der Waals surface area contributed by atoms with E-state index < -0.39 is 6.09 Å². The first kappa shape index (κ1) is 25.3. The van der Waals surface area contributed by atoms with E-state index in [9.17, 15) is 14.9 Å². The van der Waals surface area contributed by atoms with Crippen molar-refractivity contribution in [2.24, 2.45) is 0 Å². The molecule has 0 bridgehead atoms. The van der Waals surface area contributed by atoms with Gasteiger partial charge >= 0.3 is 6.09 Å². The van der Waals surface area contributed by atoms with Gasteiger partial charge in [-0.2, -0.15) is 10.4 Å². The molecule has 1 aliphatic carbocycles. The van der Waals surface area contributed by atoms with Gasteiger partial charge in [0.2, 0.25) is 5.91 Å². The second-order valence-electron chi connectivity index (χ2n) is 8.58. The van der Waals surface area contributed by atoms with Crippen molar-refractivity contribution in [1.82, 2.24) is 15.5 Å². The molecule has 2 unspecified atom stereocenters. The first-order chi connectivity index (χ1) is 17.5. The van der Waals surface area contributed by atoms with Gasteiger partial charge in [-0.05, 0) is 50.3 Å². The Hall–Kier alpha value is -3.84. The number of nitrogens with zero attached hydrogens (tertiary/aromatic N) is 2. The van der Waals surface area contributed by atoms with E-state index in [1.54, 1.807) is 12.4 Å². The van der Waals surface area contributed by atoms with Crippen molar-refractivity contribution < 1.29 is 19.1 Å². The molecule has 2 aromatic heterocycles. The molecule has 3 aromatic rings. The van der Waals surface area contributed by atoms with Gasteiger partial charge in [0.15, 0.2) is 0 Å². The topological polar surface area (TPSA) is 129 Å². The number of hydrogen-bond donors (Lipinski definition) is 3. The smallest absolute Gasteiger partial charge is 0.407 e. The highest BCUT2D eigenvalue weighted by Crippen LogP contribution is 2.38. The SMILES string of the molecule is CCOc1ccccc1CCC(=O)Nc1sc2c(c1C#N)CCC(OC(=O)NC(C)c1cn[nH]c1)C2. The zero-order chi connectivity index (χ0) is 25.5. The predicted octanol–water partition coefficient (Wildman–Crippen LogP) is 4.66. The molecule has 0 saturated carbocycles. The minimum atomic E-state index is -0.491. The summed E-state index contributed by atoms with van der Waals surface area (Å²) >= 11 is 1.39. The summed E-state index contributed by atoms with van der Waals surface area (Å²) in [7, 11) is 0. The maximum absolute atomic E-state index is 12.7. The molecule has 1 aliphatic rings. The second kappa shape index (κ2) is 11.7. The van der Waals surface area contributed by atoms with Crippen molar-refractivity contribution in [2.45, 2.75) is 58.1 Å². The maximum Gasteiger partial charge on any atom is 0.407 e. The van der Waals surface area contributed by atoms with Crippen LogP contribution >= 0.6 is 11.3 Å². The Bertz CT molecular complexity index is 1250. The summed E-state index contributed by atoms with van der Waals surface area (Å²) in [6.45, 7) is 4.34. The number of rotatable bonds is 9. The summed E-state index contributed by atoms with van der Waals surface area (Å²) in [5.74, 6) is 0.628. The summed E-state index contributed by atoms with van der Waals surface area (Å²) in [4.78, 5) is 26.1. The Morgan fingerprint density at radius 2 is 2.19 bits per heavy atom. The van der Waals surface area contributed by atoms with Crippen molar-refractivity contribution >= 4 is 28.3 Å². The van der Waals surface area contributed by atoms with Crippen molar-refractivity contribution in [3.63, 3.8) is 0 Å². The van der Waals surface area contributed by atoms with E-state index in [4.69, 9.17) is 9.47 Å². The first-order valence-corrected chi connectivity index (χ1v) is 12.8. The number of carbonyl (C=O) groups excluding carboxylic acids is 2. The molecule has 0 spiro atoms. The lowest BCUT2D eigenvalue weighted by Gasteiger charge is -2.23. The lowest BCUT2D eigenvalue weighted by Crippen LogP contribution is -2.33. The second-order valence-corrected chi connectivity index (χ2v) is 9.68. The molecule has 2 heterocycles. The minimum Gasteiger partial charge on any atom is -0.494 e. The number of anilines is 1.